The van der Waals surface area contributed by atoms with Gasteiger partial charge in [-0.25, -0.2) is 4.79 Å². The van der Waals surface area contributed by atoms with E-state index in [2.05, 4.69) is 20.8 Å². The van der Waals surface area contributed by atoms with E-state index in [4.69, 9.17) is 9.47 Å². The lowest BCUT2D eigenvalue weighted by molar-refractivity contribution is 0.262. The van der Waals surface area contributed by atoms with Gasteiger partial charge in [-0.2, -0.15) is 5.10 Å². The second kappa shape index (κ2) is 6.27. The van der Waals surface area contributed by atoms with Crippen LogP contribution in [0.3, 0.4) is 0 Å². The summed E-state index contributed by atoms with van der Waals surface area (Å²) in [6.45, 7) is 0. The summed E-state index contributed by atoms with van der Waals surface area (Å²) in [6, 6.07) is 12.1. The molecule has 118 valence electrons. The number of rotatable bonds is 4. The molecule has 3 aromatic rings. The Morgan fingerprint density at radius 2 is 1.70 bits per heavy atom. The van der Waals surface area contributed by atoms with Crippen molar-refractivity contribution in [3.8, 4) is 11.5 Å². The van der Waals surface area contributed by atoms with Crippen molar-refractivity contribution in [1.29, 1.82) is 0 Å². The number of benzene rings is 2. The maximum atomic E-state index is 12.1. The largest absolute Gasteiger partial charge is 0.497 e. The summed E-state index contributed by atoms with van der Waals surface area (Å²) in [5.74, 6) is 1.85. The zero-order valence-electron chi connectivity index (χ0n) is 12.7. The Morgan fingerprint density at radius 1 is 1.00 bits per heavy atom. The summed E-state index contributed by atoms with van der Waals surface area (Å²) in [5, 5.41) is 13.2. The molecule has 0 aliphatic heterocycles. The Hall–Kier alpha value is -3.22. The Kier molecular flexibility index (Phi) is 4.01. The van der Waals surface area contributed by atoms with E-state index in [0.29, 0.717) is 17.3 Å². The van der Waals surface area contributed by atoms with E-state index < -0.39 is 0 Å². The van der Waals surface area contributed by atoms with Gasteiger partial charge in [-0.05, 0) is 42.5 Å². The molecule has 2 aromatic carbocycles. The van der Waals surface area contributed by atoms with E-state index in [0.717, 1.165) is 16.7 Å². The fourth-order valence-corrected chi connectivity index (χ4v) is 2.16. The quantitative estimate of drug-likeness (QED) is 0.690. The number of amides is 2. The fraction of sp³-hybridized carbons (Fsp3) is 0.125. The van der Waals surface area contributed by atoms with Crippen LogP contribution >= 0.6 is 0 Å². The van der Waals surface area contributed by atoms with E-state index in [9.17, 15) is 4.79 Å². The minimum absolute atomic E-state index is 0.383. The van der Waals surface area contributed by atoms with E-state index in [1.165, 1.54) is 0 Å². The lowest BCUT2D eigenvalue weighted by Crippen LogP contribution is -2.19. The summed E-state index contributed by atoms with van der Waals surface area (Å²) in [4.78, 5) is 12.1. The summed E-state index contributed by atoms with van der Waals surface area (Å²) < 4.78 is 10.3. The monoisotopic (exact) mass is 312 g/mol. The zero-order valence-corrected chi connectivity index (χ0v) is 12.7. The molecular formula is C16H16N4O3. The predicted octanol–water partition coefficient (Wildman–Crippen LogP) is 3.22. The Labute approximate surface area is 132 Å². The molecule has 0 aliphatic rings. The first-order valence-electron chi connectivity index (χ1n) is 6.94. The minimum Gasteiger partial charge on any atom is -0.497 e. The van der Waals surface area contributed by atoms with Crippen LogP contribution in [-0.2, 0) is 0 Å². The first-order valence-corrected chi connectivity index (χ1v) is 6.94. The molecular weight excluding hydrogens is 296 g/mol. The van der Waals surface area contributed by atoms with E-state index >= 15 is 0 Å². The topological polar surface area (TPSA) is 88.3 Å². The van der Waals surface area contributed by atoms with E-state index in [1.54, 1.807) is 38.5 Å². The van der Waals surface area contributed by atoms with Gasteiger partial charge in [0.1, 0.15) is 11.5 Å². The highest BCUT2D eigenvalue weighted by molar-refractivity contribution is 6.04. The van der Waals surface area contributed by atoms with Crippen molar-refractivity contribution in [2.75, 3.05) is 24.9 Å². The number of aromatic amines is 1. The molecule has 7 heteroatoms. The number of ether oxygens (including phenoxy) is 2. The Bertz CT molecular complexity index is 827. The molecule has 0 radical (unpaired) electrons. The third-order valence-electron chi connectivity index (χ3n) is 3.35. The van der Waals surface area contributed by atoms with Crippen molar-refractivity contribution in [3.05, 3.63) is 42.5 Å². The number of H-pyrrole nitrogens is 1. The fourth-order valence-electron chi connectivity index (χ4n) is 2.16. The maximum absolute atomic E-state index is 12.1. The second-order valence-electron chi connectivity index (χ2n) is 4.79. The average Bonchev–Trinajstić information content (AvgIpc) is 2.97. The number of hydrogen-bond acceptors (Lipinski definition) is 4. The first-order chi connectivity index (χ1) is 11.2. The lowest BCUT2D eigenvalue weighted by atomic mass is 10.2. The first kappa shape index (κ1) is 14.7. The van der Waals surface area contributed by atoms with Crippen LogP contribution < -0.4 is 20.1 Å². The van der Waals surface area contributed by atoms with Gasteiger partial charge in [0.25, 0.3) is 0 Å². The van der Waals surface area contributed by atoms with Crippen molar-refractivity contribution in [3.63, 3.8) is 0 Å². The van der Waals surface area contributed by atoms with Crippen LogP contribution in [0, 0.1) is 0 Å². The molecule has 0 saturated heterocycles. The number of urea groups is 1. The van der Waals surface area contributed by atoms with Crippen molar-refractivity contribution >= 4 is 28.4 Å². The van der Waals surface area contributed by atoms with Crippen LogP contribution in [0.1, 0.15) is 0 Å². The molecule has 0 aliphatic carbocycles. The van der Waals surface area contributed by atoms with Crippen LogP contribution in [0.4, 0.5) is 16.3 Å². The summed E-state index contributed by atoms with van der Waals surface area (Å²) in [6.07, 6.45) is 0. The summed E-state index contributed by atoms with van der Waals surface area (Å²) >= 11 is 0. The SMILES string of the molecule is COc1ccc(NC(=O)Nc2n[nH]c3ccc(OC)cc23)cc1. The number of fused-ring (bicyclic) bond motifs is 1. The molecule has 0 fully saturated rings. The zero-order chi connectivity index (χ0) is 16.2. The van der Waals surface area contributed by atoms with Crippen molar-refractivity contribution in [1.82, 2.24) is 10.2 Å². The van der Waals surface area contributed by atoms with Gasteiger partial charge in [-0.1, -0.05) is 0 Å². The van der Waals surface area contributed by atoms with Gasteiger partial charge in [0, 0.05) is 11.1 Å². The number of carbonyl (C=O) groups is 1. The molecule has 3 rings (SSSR count). The van der Waals surface area contributed by atoms with Gasteiger partial charge < -0.3 is 14.8 Å². The molecule has 2 amide bonds. The van der Waals surface area contributed by atoms with Crippen LogP contribution in [0.5, 0.6) is 11.5 Å². The molecule has 0 unspecified atom stereocenters. The lowest BCUT2D eigenvalue weighted by Gasteiger charge is -2.07. The predicted molar refractivity (Wildman–Crippen MR) is 88.3 cm³/mol. The van der Waals surface area contributed by atoms with Crippen LogP contribution in [0.2, 0.25) is 0 Å². The number of nitrogens with one attached hydrogen (secondary N) is 3. The van der Waals surface area contributed by atoms with E-state index in [1.807, 2.05) is 18.2 Å². The molecule has 3 N–H and O–H groups in total. The van der Waals surface area contributed by atoms with Crippen LogP contribution in [0.25, 0.3) is 10.9 Å². The van der Waals surface area contributed by atoms with Crippen LogP contribution in [0.15, 0.2) is 42.5 Å². The molecule has 7 nitrogen and oxygen atoms in total. The molecule has 1 aromatic heterocycles. The highest BCUT2D eigenvalue weighted by atomic mass is 16.5. The summed E-state index contributed by atoms with van der Waals surface area (Å²) in [5.41, 5.74) is 1.46. The standard InChI is InChI=1S/C16H16N4O3/c1-22-11-5-3-10(4-6-11)17-16(21)18-15-13-9-12(23-2)7-8-14(13)19-20-15/h3-9H,1-2H3,(H3,17,18,19,20,21). The van der Waals surface area contributed by atoms with Crippen molar-refractivity contribution in [2.45, 2.75) is 0 Å². The van der Waals surface area contributed by atoms with Crippen molar-refractivity contribution in [2.24, 2.45) is 0 Å². The Morgan fingerprint density at radius 3 is 2.39 bits per heavy atom. The number of hydrogen-bond donors (Lipinski definition) is 3. The Balaban J connectivity index is 1.74. The van der Waals surface area contributed by atoms with Gasteiger partial charge in [0.05, 0.1) is 19.7 Å². The van der Waals surface area contributed by atoms with Gasteiger partial charge in [0.2, 0.25) is 0 Å². The number of aromatic nitrogens is 2. The second-order valence-corrected chi connectivity index (χ2v) is 4.79. The molecule has 23 heavy (non-hydrogen) atoms. The minimum atomic E-state index is -0.383. The normalized spacial score (nSPS) is 10.3. The highest BCUT2D eigenvalue weighted by Crippen LogP contribution is 2.25. The maximum Gasteiger partial charge on any atom is 0.324 e. The van der Waals surface area contributed by atoms with Crippen molar-refractivity contribution < 1.29 is 14.3 Å². The van der Waals surface area contributed by atoms with Crippen LogP contribution in [-0.4, -0.2) is 30.4 Å². The number of methoxy groups -OCH3 is 2. The van der Waals surface area contributed by atoms with Gasteiger partial charge >= 0.3 is 6.03 Å². The molecule has 0 saturated carbocycles. The molecule has 0 bridgehead atoms. The third kappa shape index (κ3) is 3.18. The number of nitrogens with zero attached hydrogens (tertiary/aromatic N) is 1. The molecule has 0 atom stereocenters. The molecule has 0 spiro atoms. The number of carbonyl (C=O) groups excluding carboxylic acids is 1. The third-order valence-corrected chi connectivity index (χ3v) is 3.35. The average molecular weight is 312 g/mol. The smallest absolute Gasteiger partial charge is 0.324 e. The van der Waals surface area contributed by atoms with Gasteiger partial charge in [-0.3, -0.25) is 10.4 Å². The molecule has 1 heterocycles. The van der Waals surface area contributed by atoms with Gasteiger partial charge in [0.15, 0.2) is 5.82 Å². The van der Waals surface area contributed by atoms with Gasteiger partial charge in [-0.15, -0.1) is 0 Å². The summed E-state index contributed by atoms with van der Waals surface area (Å²) in [7, 11) is 3.18. The number of anilines is 2. The van der Waals surface area contributed by atoms with E-state index in [-0.39, 0.29) is 6.03 Å². The highest BCUT2D eigenvalue weighted by Gasteiger charge is 2.10.